The predicted molar refractivity (Wildman–Crippen MR) is 82.9 cm³/mol. The highest BCUT2D eigenvalue weighted by Gasteiger charge is 2.14. The van der Waals surface area contributed by atoms with Crippen LogP contribution < -0.4 is 9.46 Å². The van der Waals surface area contributed by atoms with Gasteiger partial charge in [-0.2, -0.15) is 0 Å². The van der Waals surface area contributed by atoms with Gasteiger partial charge in [-0.3, -0.25) is 0 Å². The Kier molecular flexibility index (Phi) is 5.68. The van der Waals surface area contributed by atoms with E-state index in [0.29, 0.717) is 12.4 Å². The third-order valence-corrected chi connectivity index (χ3v) is 4.62. The summed E-state index contributed by atoms with van der Waals surface area (Å²) in [6, 6.07) is 9.07. The Morgan fingerprint density at radius 3 is 2.43 bits per heavy atom. The lowest BCUT2D eigenvalue weighted by atomic mass is 10.1. The summed E-state index contributed by atoms with van der Waals surface area (Å²) >= 11 is 0. The molecule has 0 fully saturated rings. The van der Waals surface area contributed by atoms with E-state index in [4.69, 9.17) is 4.74 Å². The van der Waals surface area contributed by atoms with Crippen molar-refractivity contribution in [1.82, 2.24) is 4.72 Å². The first-order chi connectivity index (χ1) is 10.9. The molecule has 124 valence electrons. The van der Waals surface area contributed by atoms with E-state index in [9.17, 15) is 17.2 Å². The van der Waals surface area contributed by atoms with Crippen LogP contribution in [0.25, 0.3) is 0 Å². The summed E-state index contributed by atoms with van der Waals surface area (Å²) in [5.74, 6) is -0.546. The molecule has 0 aromatic heterocycles. The van der Waals surface area contributed by atoms with E-state index >= 15 is 0 Å². The number of nitrogens with one attached hydrogen (secondary N) is 1. The average Bonchev–Trinajstić information content (AvgIpc) is 2.51. The standard InChI is InChI=1S/C16H17F2NO3S/c1-2-22-14-4-6-15(7-5-14)23(20,21)19-10-9-12-11-13(17)3-8-16(12)18/h3-8,11,19H,2,9-10H2,1H3. The first kappa shape index (κ1) is 17.4. The van der Waals surface area contributed by atoms with E-state index in [1.165, 1.54) is 12.1 Å². The van der Waals surface area contributed by atoms with Gasteiger partial charge >= 0.3 is 0 Å². The molecule has 7 heteroatoms. The van der Waals surface area contributed by atoms with E-state index in [-0.39, 0.29) is 23.4 Å². The molecule has 0 bridgehead atoms. The molecule has 0 spiro atoms. The van der Waals surface area contributed by atoms with E-state index in [1.54, 1.807) is 12.1 Å². The SMILES string of the molecule is CCOc1ccc(S(=O)(=O)NCCc2cc(F)ccc2F)cc1. The summed E-state index contributed by atoms with van der Waals surface area (Å²) in [6.07, 6.45) is 0.0554. The van der Waals surface area contributed by atoms with Gasteiger partial charge in [-0.15, -0.1) is 0 Å². The maximum atomic E-state index is 13.5. The Morgan fingerprint density at radius 1 is 1.09 bits per heavy atom. The van der Waals surface area contributed by atoms with Gasteiger partial charge in [0.1, 0.15) is 17.4 Å². The van der Waals surface area contributed by atoms with E-state index in [0.717, 1.165) is 18.2 Å². The molecule has 2 aromatic rings. The van der Waals surface area contributed by atoms with Gasteiger partial charge in [-0.05, 0) is 61.4 Å². The summed E-state index contributed by atoms with van der Waals surface area (Å²) < 4.78 is 58.4. The second-order valence-electron chi connectivity index (χ2n) is 4.79. The minimum atomic E-state index is -3.71. The Bertz CT molecular complexity index is 761. The zero-order chi connectivity index (χ0) is 16.9. The minimum absolute atomic E-state index is 0.0318. The lowest BCUT2D eigenvalue weighted by Gasteiger charge is -2.08. The summed E-state index contributed by atoms with van der Waals surface area (Å²) in [5, 5.41) is 0. The Balaban J connectivity index is 1.99. The fourth-order valence-electron chi connectivity index (χ4n) is 2.02. The predicted octanol–water partition coefficient (Wildman–Crippen LogP) is 2.88. The van der Waals surface area contributed by atoms with Crippen LogP contribution in [-0.2, 0) is 16.4 Å². The van der Waals surface area contributed by atoms with Gasteiger partial charge < -0.3 is 4.74 Å². The van der Waals surface area contributed by atoms with Crippen molar-refractivity contribution >= 4 is 10.0 Å². The van der Waals surface area contributed by atoms with Gasteiger partial charge in [-0.1, -0.05) is 0 Å². The molecule has 0 unspecified atom stereocenters. The number of hydrogen-bond acceptors (Lipinski definition) is 3. The van der Waals surface area contributed by atoms with Crippen LogP contribution in [0.1, 0.15) is 12.5 Å². The minimum Gasteiger partial charge on any atom is -0.494 e. The Labute approximate surface area is 134 Å². The van der Waals surface area contributed by atoms with Crippen LogP contribution in [0.4, 0.5) is 8.78 Å². The molecule has 1 N–H and O–H groups in total. The van der Waals surface area contributed by atoms with E-state index in [1.807, 2.05) is 6.92 Å². The van der Waals surface area contributed by atoms with Crippen LogP contribution in [0.3, 0.4) is 0 Å². The molecule has 0 radical (unpaired) electrons. The van der Waals surface area contributed by atoms with Crippen molar-refractivity contribution in [3.8, 4) is 5.75 Å². The van der Waals surface area contributed by atoms with Crippen molar-refractivity contribution < 1.29 is 21.9 Å². The van der Waals surface area contributed by atoms with Crippen LogP contribution in [0.15, 0.2) is 47.4 Å². The van der Waals surface area contributed by atoms with Crippen molar-refractivity contribution in [2.24, 2.45) is 0 Å². The van der Waals surface area contributed by atoms with Crippen LogP contribution >= 0.6 is 0 Å². The second-order valence-corrected chi connectivity index (χ2v) is 6.55. The van der Waals surface area contributed by atoms with E-state index in [2.05, 4.69) is 4.72 Å². The second kappa shape index (κ2) is 7.52. The summed E-state index contributed by atoms with van der Waals surface area (Å²) in [6.45, 7) is 2.29. The molecule has 0 aliphatic carbocycles. The normalized spacial score (nSPS) is 11.4. The molecule has 0 heterocycles. The summed E-state index contributed by atoms with van der Waals surface area (Å²) in [7, 11) is -3.71. The van der Waals surface area contributed by atoms with Crippen molar-refractivity contribution in [3.05, 3.63) is 59.7 Å². The van der Waals surface area contributed by atoms with Gasteiger partial charge in [0.05, 0.1) is 11.5 Å². The molecule has 23 heavy (non-hydrogen) atoms. The first-order valence-electron chi connectivity index (χ1n) is 7.09. The quantitative estimate of drug-likeness (QED) is 0.842. The van der Waals surface area contributed by atoms with E-state index < -0.39 is 21.7 Å². The summed E-state index contributed by atoms with van der Waals surface area (Å²) in [4.78, 5) is 0.0840. The van der Waals surface area contributed by atoms with Gasteiger partial charge in [0.15, 0.2) is 0 Å². The number of ether oxygens (including phenoxy) is 1. The van der Waals surface area contributed by atoms with Gasteiger partial charge in [-0.25, -0.2) is 21.9 Å². The molecule has 2 rings (SSSR count). The molecule has 2 aromatic carbocycles. The zero-order valence-corrected chi connectivity index (χ0v) is 13.4. The lowest BCUT2D eigenvalue weighted by molar-refractivity contribution is 0.340. The largest absolute Gasteiger partial charge is 0.494 e. The molecule has 0 saturated heterocycles. The number of sulfonamides is 1. The van der Waals surface area contributed by atoms with Gasteiger partial charge in [0.2, 0.25) is 10.0 Å². The maximum absolute atomic E-state index is 13.5. The highest BCUT2D eigenvalue weighted by Crippen LogP contribution is 2.16. The number of halogens is 2. The molecule has 0 aliphatic heterocycles. The van der Waals surface area contributed by atoms with Gasteiger partial charge in [0, 0.05) is 6.54 Å². The Morgan fingerprint density at radius 2 is 1.78 bits per heavy atom. The molecule has 0 amide bonds. The average molecular weight is 341 g/mol. The monoisotopic (exact) mass is 341 g/mol. The first-order valence-corrected chi connectivity index (χ1v) is 8.57. The topological polar surface area (TPSA) is 55.4 Å². The van der Waals surface area contributed by atoms with Crippen LogP contribution in [0, 0.1) is 11.6 Å². The number of benzene rings is 2. The van der Waals surface area contributed by atoms with Crippen molar-refractivity contribution in [2.45, 2.75) is 18.2 Å². The highest BCUT2D eigenvalue weighted by atomic mass is 32.2. The fourth-order valence-corrected chi connectivity index (χ4v) is 3.05. The zero-order valence-electron chi connectivity index (χ0n) is 12.6. The molecule has 0 aliphatic rings. The highest BCUT2D eigenvalue weighted by molar-refractivity contribution is 7.89. The maximum Gasteiger partial charge on any atom is 0.240 e. The van der Waals surface area contributed by atoms with Crippen molar-refractivity contribution in [1.29, 1.82) is 0 Å². The molecule has 4 nitrogen and oxygen atoms in total. The van der Waals surface area contributed by atoms with Crippen LogP contribution in [-0.4, -0.2) is 21.6 Å². The lowest BCUT2D eigenvalue weighted by Crippen LogP contribution is -2.26. The molecular formula is C16H17F2NO3S. The fraction of sp³-hybridized carbons (Fsp3) is 0.250. The summed E-state index contributed by atoms with van der Waals surface area (Å²) in [5.41, 5.74) is 0.124. The third-order valence-electron chi connectivity index (χ3n) is 3.14. The smallest absolute Gasteiger partial charge is 0.240 e. The van der Waals surface area contributed by atoms with Crippen molar-refractivity contribution in [3.63, 3.8) is 0 Å². The number of rotatable bonds is 7. The molecule has 0 saturated carbocycles. The number of hydrogen-bond donors (Lipinski definition) is 1. The van der Waals surface area contributed by atoms with Crippen LogP contribution in [0.5, 0.6) is 5.75 Å². The van der Waals surface area contributed by atoms with Gasteiger partial charge in [0.25, 0.3) is 0 Å². The molecular weight excluding hydrogens is 324 g/mol. The van der Waals surface area contributed by atoms with Crippen LogP contribution in [0.2, 0.25) is 0 Å². The van der Waals surface area contributed by atoms with Crippen molar-refractivity contribution in [2.75, 3.05) is 13.2 Å². The molecule has 0 atom stereocenters. The Hall–Kier alpha value is -1.99. The third kappa shape index (κ3) is 4.74.